The molecule has 0 aliphatic carbocycles. The number of halogens is 2. The summed E-state index contributed by atoms with van der Waals surface area (Å²) >= 11 is 11.8. The minimum Gasteiger partial charge on any atom is -0.383 e. The highest BCUT2D eigenvalue weighted by molar-refractivity contribution is 7.85. The lowest BCUT2D eigenvalue weighted by Gasteiger charge is -2.07. The quantitative estimate of drug-likeness (QED) is 0.737. The molecule has 1 heterocycles. The molecule has 0 unspecified atom stereocenters. The molecule has 2 aromatic carbocycles. The molecular weight excluding hydrogens is 343 g/mol. The van der Waals surface area contributed by atoms with Crippen LogP contribution < -0.4 is 11.5 Å². The van der Waals surface area contributed by atoms with Gasteiger partial charge < -0.3 is 11.5 Å². The third kappa shape index (κ3) is 2.72. The summed E-state index contributed by atoms with van der Waals surface area (Å²) in [6, 6.07) is 9.94. The molecule has 22 heavy (non-hydrogen) atoms. The smallest absolute Gasteiger partial charge is 0.222 e. The van der Waals surface area contributed by atoms with E-state index < -0.39 is 10.8 Å². The topological polar surface area (TPSA) is 94.9 Å². The molecule has 0 saturated carbocycles. The average Bonchev–Trinajstić information content (AvgIpc) is 2.49. The number of nitrogen functional groups attached to an aromatic ring is 2. The van der Waals surface area contributed by atoms with Crippen LogP contribution in [-0.2, 0) is 10.8 Å². The van der Waals surface area contributed by atoms with Crippen molar-refractivity contribution in [1.82, 2.24) is 9.97 Å². The Kier molecular flexibility index (Phi) is 3.90. The molecule has 0 saturated heterocycles. The summed E-state index contributed by atoms with van der Waals surface area (Å²) in [5, 5.41) is 1.36. The van der Waals surface area contributed by atoms with Gasteiger partial charge in [0.1, 0.15) is 5.82 Å². The van der Waals surface area contributed by atoms with Gasteiger partial charge in [-0.05, 0) is 36.4 Å². The van der Waals surface area contributed by atoms with E-state index >= 15 is 0 Å². The Morgan fingerprint density at radius 3 is 2.32 bits per heavy atom. The number of nitrogens with two attached hydrogens (primary N) is 2. The van der Waals surface area contributed by atoms with Crippen molar-refractivity contribution >= 4 is 56.7 Å². The van der Waals surface area contributed by atoms with Crippen molar-refractivity contribution in [2.24, 2.45) is 0 Å². The van der Waals surface area contributed by atoms with Gasteiger partial charge in [-0.1, -0.05) is 23.2 Å². The maximum atomic E-state index is 12.6. The van der Waals surface area contributed by atoms with Gasteiger partial charge in [-0.3, -0.25) is 0 Å². The average molecular weight is 353 g/mol. The Labute approximate surface area is 138 Å². The van der Waals surface area contributed by atoms with E-state index in [1.807, 2.05) is 0 Å². The first kappa shape index (κ1) is 15.0. The summed E-state index contributed by atoms with van der Waals surface area (Å²) in [5.74, 6) is 0.346. The van der Waals surface area contributed by atoms with E-state index in [1.165, 1.54) is 0 Å². The van der Waals surface area contributed by atoms with Gasteiger partial charge in [-0.25, -0.2) is 9.19 Å². The Hall–Kier alpha value is -1.89. The van der Waals surface area contributed by atoms with Crippen LogP contribution in [-0.4, -0.2) is 14.2 Å². The predicted molar refractivity (Wildman–Crippen MR) is 89.5 cm³/mol. The highest BCUT2D eigenvalue weighted by Crippen LogP contribution is 2.28. The van der Waals surface area contributed by atoms with Gasteiger partial charge in [0, 0.05) is 15.2 Å². The number of anilines is 2. The Morgan fingerprint density at radius 2 is 1.59 bits per heavy atom. The minimum atomic E-state index is -1.42. The number of nitrogens with zero attached hydrogens (tertiary/aromatic N) is 2. The third-order valence-corrected chi connectivity index (χ3v) is 5.14. The maximum absolute atomic E-state index is 12.6. The lowest BCUT2D eigenvalue weighted by molar-refractivity contribution is 0.683. The molecule has 4 N–H and O–H groups in total. The van der Waals surface area contributed by atoms with E-state index in [-0.39, 0.29) is 11.8 Å². The molecule has 0 radical (unpaired) electrons. The highest BCUT2D eigenvalue weighted by atomic mass is 35.5. The van der Waals surface area contributed by atoms with E-state index in [4.69, 9.17) is 34.7 Å². The van der Waals surface area contributed by atoms with Crippen LogP contribution in [0.15, 0.2) is 46.2 Å². The van der Waals surface area contributed by atoms with Gasteiger partial charge in [0.05, 0.1) is 26.4 Å². The zero-order valence-corrected chi connectivity index (χ0v) is 13.4. The van der Waals surface area contributed by atoms with E-state index in [1.54, 1.807) is 36.4 Å². The molecule has 3 aromatic rings. The molecule has 0 fully saturated rings. The number of hydrogen-bond donors (Lipinski definition) is 2. The first-order chi connectivity index (χ1) is 10.5. The second-order valence-corrected chi connectivity index (χ2v) is 6.79. The fraction of sp³-hybridized carbons (Fsp3) is 0. The SMILES string of the molecule is Nc1nc(N)c2cc([S@](=O)c3ccc(Cl)c(Cl)c3)ccc2n1. The summed E-state index contributed by atoms with van der Waals surface area (Å²) in [6.45, 7) is 0. The van der Waals surface area contributed by atoms with Crippen molar-refractivity contribution in [3.05, 3.63) is 46.4 Å². The van der Waals surface area contributed by atoms with Gasteiger partial charge in [-0.2, -0.15) is 4.98 Å². The number of aromatic nitrogens is 2. The van der Waals surface area contributed by atoms with Crippen LogP contribution in [0.25, 0.3) is 10.9 Å². The fourth-order valence-corrected chi connectivity index (χ4v) is 3.46. The maximum Gasteiger partial charge on any atom is 0.222 e. The largest absolute Gasteiger partial charge is 0.383 e. The molecule has 1 atom stereocenters. The minimum absolute atomic E-state index is 0.100. The number of fused-ring (bicyclic) bond motifs is 1. The Bertz CT molecular complexity index is 917. The molecule has 0 spiro atoms. The van der Waals surface area contributed by atoms with Gasteiger partial charge in [-0.15, -0.1) is 0 Å². The summed E-state index contributed by atoms with van der Waals surface area (Å²) in [4.78, 5) is 9.10. The molecule has 0 aliphatic rings. The molecule has 1 aromatic heterocycles. The monoisotopic (exact) mass is 352 g/mol. The van der Waals surface area contributed by atoms with Crippen molar-refractivity contribution in [1.29, 1.82) is 0 Å². The van der Waals surface area contributed by atoms with Crippen molar-refractivity contribution in [3.8, 4) is 0 Å². The third-order valence-electron chi connectivity index (χ3n) is 3.03. The van der Waals surface area contributed by atoms with Gasteiger partial charge in [0.2, 0.25) is 5.95 Å². The molecule has 5 nitrogen and oxygen atoms in total. The zero-order valence-electron chi connectivity index (χ0n) is 11.1. The number of rotatable bonds is 2. The van der Waals surface area contributed by atoms with Crippen LogP contribution in [0.4, 0.5) is 11.8 Å². The van der Waals surface area contributed by atoms with Crippen LogP contribution in [0.5, 0.6) is 0 Å². The first-order valence-electron chi connectivity index (χ1n) is 6.15. The standard InChI is InChI=1S/C14H10Cl2N4OS/c15-10-3-1-8(6-11(10)16)22(21)7-2-4-12-9(5-7)13(17)20-14(18)19-12/h1-6H,(H4,17,18,19,20)/t22-/m0/s1. The zero-order chi connectivity index (χ0) is 15.9. The molecule has 0 amide bonds. The molecule has 8 heteroatoms. The van der Waals surface area contributed by atoms with Crippen LogP contribution in [0, 0.1) is 0 Å². The molecular formula is C14H10Cl2N4OS. The highest BCUT2D eigenvalue weighted by Gasteiger charge is 2.12. The Morgan fingerprint density at radius 1 is 0.909 bits per heavy atom. The van der Waals surface area contributed by atoms with E-state index in [9.17, 15) is 4.21 Å². The van der Waals surface area contributed by atoms with Crippen molar-refractivity contribution in [2.45, 2.75) is 9.79 Å². The molecule has 3 rings (SSSR count). The first-order valence-corrected chi connectivity index (χ1v) is 8.06. The van der Waals surface area contributed by atoms with Crippen LogP contribution in [0.1, 0.15) is 0 Å². The van der Waals surface area contributed by atoms with Crippen molar-refractivity contribution in [2.75, 3.05) is 11.5 Å². The van der Waals surface area contributed by atoms with Crippen LogP contribution >= 0.6 is 23.2 Å². The Balaban J connectivity index is 2.09. The molecule has 0 bridgehead atoms. The summed E-state index contributed by atoms with van der Waals surface area (Å²) < 4.78 is 12.6. The van der Waals surface area contributed by atoms with Crippen LogP contribution in [0.2, 0.25) is 10.0 Å². The number of benzene rings is 2. The molecule has 112 valence electrons. The summed E-state index contributed by atoms with van der Waals surface area (Å²) in [5.41, 5.74) is 12.0. The van der Waals surface area contributed by atoms with Gasteiger partial charge in [0.15, 0.2) is 0 Å². The van der Waals surface area contributed by atoms with Gasteiger partial charge >= 0.3 is 0 Å². The summed E-state index contributed by atoms with van der Waals surface area (Å²) in [6.07, 6.45) is 0. The second-order valence-electron chi connectivity index (χ2n) is 4.49. The lowest BCUT2D eigenvalue weighted by Crippen LogP contribution is -2.01. The van der Waals surface area contributed by atoms with E-state index in [0.717, 1.165) is 0 Å². The number of hydrogen-bond acceptors (Lipinski definition) is 5. The van der Waals surface area contributed by atoms with E-state index in [0.29, 0.717) is 30.7 Å². The van der Waals surface area contributed by atoms with Crippen molar-refractivity contribution in [3.63, 3.8) is 0 Å². The summed E-state index contributed by atoms with van der Waals surface area (Å²) in [7, 11) is -1.42. The van der Waals surface area contributed by atoms with Gasteiger partial charge in [0.25, 0.3) is 0 Å². The lowest BCUT2D eigenvalue weighted by atomic mass is 10.2. The molecule has 0 aliphatic heterocycles. The second kappa shape index (κ2) is 5.72. The van der Waals surface area contributed by atoms with Crippen molar-refractivity contribution < 1.29 is 4.21 Å². The van der Waals surface area contributed by atoms with Crippen LogP contribution in [0.3, 0.4) is 0 Å². The van der Waals surface area contributed by atoms with E-state index in [2.05, 4.69) is 9.97 Å². The predicted octanol–water partition coefficient (Wildman–Crippen LogP) is 3.27. The fourth-order valence-electron chi connectivity index (χ4n) is 1.99. The normalized spacial score (nSPS) is 12.5.